The summed E-state index contributed by atoms with van der Waals surface area (Å²) in [4.78, 5) is 42.4. The minimum absolute atomic E-state index is 0.0992. The van der Waals surface area contributed by atoms with Crippen molar-refractivity contribution in [3.63, 3.8) is 0 Å². The molecule has 192 valence electrons. The summed E-state index contributed by atoms with van der Waals surface area (Å²) in [5.74, 6) is -3.27. The van der Waals surface area contributed by atoms with Crippen molar-refractivity contribution >= 4 is 35.1 Å². The summed E-state index contributed by atoms with van der Waals surface area (Å²) in [6.07, 6.45) is 5.46. The largest absolute Gasteiger partial charge is 0.466 e. The van der Waals surface area contributed by atoms with Crippen molar-refractivity contribution in [2.24, 2.45) is 29.6 Å². The van der Waals surface area contributed by atoms with Crippen molar-refractivity contribution in [1.82, 2.24) is 4.90 Å². The fourth-order valence-electron chi connectivity index (χ4n) is 5.58. The summed E-state index contributed by atoms with van der Waals surface area (Å²) in [5, 5.41) is 13.6. The highest BCUT2D eigenvalue weighted by molar-refractivity contribution is 6.34. The molecule has 1 aliphatic carbocycles. The Morgan fingerprint density at radius 1 is 1.23 bits per heavy atom. The predicted octanol–water partition coefficient (Wildman–Crippen LogP) is 4.21. The molecule has 6 atom stereocenters. The van der Waals surface area contributed by atoms with Gasteiger partial charge in [-0.05, 0) is 43.7 Å². The van der Waals surface area contributed by atoms with Crippen LogP contribution in [0.2, 0.25) is 5.02 Å². The molecule has 8 heteroatoms. The molecule has 1 heterocycles. The van der Waals surface area contributed by atoms with Crippen LogP contribution in [0.4, 0.5) is 5.69 Å². The third-order valence-electron chi connectivity index (χ3n) is 7.28. The van der Waals surface area contributed by atoms with Gasteiger partial charge in [0.2, 0.25) is 11.8 Å². The lowest BCUT2D eigenvalue weighted by Crippen LogP contribution is -2.52. The van der Waals surface area contributed by atoms with E-state index in [1.165, 1.54) is 4.90 Å². The number of allylic oxidation sites excluding steroid dienone is 1. The number of rotatable bonds is 9. The molecule has 0 aromatic heterocycles. The average molecular weight is 505 g/mol. The smallest absolute Gasteiger partial charge is 0.310 e. The van der Waals surface area contributed by atoms with Gasteiger partial charge in [-0.1, -0.05) is 63.1 Å². The lowest BCUT2D eigenvalue weighted by Gasteiger charge is -2.35. The van der Waals surface area contributed by atoms with Crippen LogP contribution < -0.4 is 5.32 Å². The molecule has 2 aliphatic rings. The monoisotopic (exact) mass is 504 g/mol. The van der Waals surface area contributed by atoms with Crippen molar-refractivity contribution in [2.45, 2.75) is 59.5 Å². The molecule has 0 bridgehead atoms. The van der Waals surface area contributed by atoms with Gasteiger partial charge in [-0.25, -0.2) is 0 Å². The molecule has 1 saturated heterocycles. The number of amides is 2. The molecular weight excluding hydrogens is 468 g/mol. The quantitative estimate of drug-likeness (QED) is 0.388. The van der Waals surface area contributed by atoms with Crippen LogP contribution in [0.15, 0.2) is 30.4 Å². The topological polar surface area (TPSA) is 95.9 Å². The van der Waals surface area contributed by atoms with Gasteiger partial charge in [0.25, 0.3) is 0 Å². The number of likely N-dealkylation sites (tertiary alicyclic amines) is 1. The molecule has 0 radical (unpaired) electrons. The van der Waals surface area contributed by atoms with Crippen molar-refractivity contribution in [1.29, 1.82) is 0 Å². The highest BCUT2D eigenvalue weighted by Crippen LogP contribution is 2.47. The van der Waals surface area contributed by atoms with Gasteiger partial charge in [-0.2, -0.15) is 0 Å². The minimum Gasteiger partial charge on any atom is -0.466 e. The Labute approximate surface area is 212 Å². The molecule has 0 spiro atoms. The fourth-order valence-corrected chi connectivity index (χ4v) is 5.85. The predicted molar refractivity (Wildman–Crippen MR) is 136 cm³/mol. The normalized spacial score (nSPS) is 26.6. The number of ether oxygens (including phenoxy) is 1. The lowest BCUT2D eigenvalue weighted by molar-refractivity contribution is -0.156. The highest BCUT2D eigenvalue weighted by atomic mass is 35.5. The van der Waals surface area contributed by atoms with E-state index in [4.69, 9.17) is 16.3 Å². The van der Waals surface area contributed by atoms with Gasteiger partial charge in [0.05, 0.1) is 41.8 Å². The molecule has 2 amide bonds. The number of aliphatic hydroxyl groups excluding tert-OH is 1. The van der Waals surface area contributed by atoms with Crippen LogP contribution in [0, 0.1) is 36.5 Å². The van der Waals surface area contributed by atoms with E-state index in [0.29, 0.717) is 10.7 Å². The maximum absolute atomic E-state index is 14.0. The third-order valence-corrected chi connectivity index (χ3v) is 7.60. The number of nitrogens with one attached hydrogen (secondary N) is 1. The van der Waals surface area contributed by atoms with Crippen molar-refractivity contribution in [3.05, 3.63) is 40.9 Å². The van der Waals surface area contributed by atoms with E-state index in [9.17, 15) is 19.5 Å². The molecule has 2 N–H and O–H groups in total. The number of hydrogen-bond acceptors (Lipinski definition) is 5. The van der Waals surface area contributed by atoms with E-state index >= 15 is 0 Å². The van der Waals surface area contributed by atoms with Crippen LogP contribution in [-0.4, -0.2) is 53.1 Å². The van der Waals surface area contributed by atoms with Crippen LogP contribution in [0.3, 0.4) is 0 Å². The summed E-state index contributed by atoms with van der Waals surface area (Å²) >= 11 is 6.37. The number of aliphatic hydroxyl groups is 1. The number of hydrogen-bond donors (Lipinski definition) is 2. The second kappa shape index (κ2) is 11.6. The number of para-hydroxylation sites is 1. The summed E-state index contributed by atoms with van der Waals surface area (Å²) in [7, 11) is 0. The first kappa shape index (κ1) is 27.2. The van der Waals surface area contributed by atoms with E-state index in [1.54, 1.807) is 19.1 Å². The molecule has 35 heavy (non-hydrogen) atoms. The Balaban J connectivity index is 2.09. The van der Waals surface area contributed by atoms with Gasteiger partial charge < -0.3 is 20.1 Å². The van der Waals surface area contributed by atoms with E-state index < -0.39 is 35.8 Å². The third kappa shape index (κ3) is 5.26. The van der Waals surface area contributed by atoms with E-state index in [0.717, 1.165) is 18.4 Å². The standard InChI is InChI=1S/C27H37ClN2O5/c1-6-9-17-12-13-18-22(21(17)27(34)35-7-2)26(33)30(20(14-31)15(3)4)24(18)25(32)29-23-16(5)10-8-11-19(23)28/h8,10-13,15,17-18,20-22,24,31H,6-7,9,14H2,1-5H3,(H,29,32)/t17-,18+,20+,21-,22+,24+/m1/s1. The number of fused-ring (bicyclic) bond motifs is 1. The molecule has 0 unspecified atom stereocenters. The maximum Gasteiger partial charge on any atom is 0.310 e. The first-order valence-electron chi connectivity index (χ1n) is 12.5. The Morgan fingerprint density at radius 2 is 1.94 bits per heavy atom. The molecule has 3 rings (SSSR count). The summed E-state index contributed by atoms with van der Waals surface area (Å²) in [6.45, 7) is 9.36. The number of nitrogens with zero attached hydrogens (tertiary/aromatic N) is 1. The Bertz CT molecular complexity index is 958. The minimum atomic E-state index is -0.890. The van der Waals surface area contributed by atoms with E-state index in [2.05, 4.69) is 5.32 Å². The number of carbonyl (C=O) groups is 3. The van der Waals surface area contributed by atoms with Crippen molar-refractivity contribution < 1.29 is 24.2 Å². The molecule has 7 nitrogen and oxygen atoms in total. The van der Waals surface area contributed by atoms with Crippen LogP contribution >= 0.6 is 11.6 Å². The second-order valence-corrected chi connectivity index (χ2v) is 10.2. The zero-order valence-corrected chi connectivity index (χ0v) is 21.9. The number of anilines is 1. The number of esters is 1. The van der Waals surface area contributed by atoms with E-state index in [1.807, 2.05) is 45.9 Å². The molecular formula is C27H37ClN2O5. The van der Waals surface area contributed by atoms with Crippen LogP contribution in [0.5, 0.6) is 0 Å². The Kier molecular flexibility index (Phi) is 9.00. The van der Waals surface area contributed by atoms with Gasteiger partial charge in [-0.15, -0.1) is 0 Å². The number of aryl methyl sites for hydroxylation is 1. The zero-order valence-electron chi connectivity index (χ0n) is 21.2. The van der Waals surface area contributed by atoms with Crippen molar-refractivity contribution in [3.8, 4) is 0 Å². The molecule has 1 aliphatic heterocycles. The number of benzene rings is 1. The van der Waals surface area contributed by atoms with Gasteiger partial charge in [0, 0.05) is 5.92 Å². The second-order valence-electron chi connectivity index (χ2n) is 9.82. The highest BCUT2D eigenvalue weighted by Gasteiger charge is 2.59. The van der Waals surface area contributed by atoms with Gasteiger partial charge >= 0.3 is 5.97 Å². The first-order chi connectivity index (χ1) is 16.7. The SMILES string of the molecule is CCC[C@@H]1C=C[C@H]2[C@H](C(=O)N([C@@H](CO)C(C)C)[C@@H]2C(=O)Nc2c(C)cccc2Cl)[C@@H]1C(=O)OCC. The Hall–Kier alpha value is -2.38. The summed E-state index contributed by atoms with van der Waals surface area (Å²) < 4.78 is 5.40. The van der Waals surface area contributed by atoms with Crippen LogP contribution in [-0.2, 0) is 19.1 Å². The molecule has 1 aromatic carbocycles. The summed E-state index contributed by atoms with van der Waals surface area (Å²) in [5.41, 5.74) is 1.29. The van der Waals surface area contributed by atoms with Gasteiger partial charge in [-0.3, -0.25) is 14.4 Å². The molecule has 1 fully saturated rings. The van der Waals surface area contributed by atoms with Crippen LogP contribution in [0.1, 0.15) is 46.1 Å². The lowest BCUT2D eigenvalue weighted by atomic mass is 9.69. The van der Waals surface area contributed by atoms with E-state index in [-0.39, 0.29) is 36.9 Å². The molecule has 1 aromatic rings. The maximum atomic E-state index is 14.0. The van der Waals surface area contributed by atoms with Crippen molar-refractivity contribution in [2.75, 3.05) is 18.5 Å². The van der Waals surface area contributed by atoms with Gasteiger partial charge in [0.1, 0.15) is 6.04 Å². The number of carbonyl (C=O) groups excluding carboxylic acids is 3. The number of halogens is 1. The van der Waals surface area contributed by atoms with Gasteiger partial charge in [0.15, 0.2) is 0 Å². The van der Waals surface area contributed by atoms with Crippen LogP contribution in [0.25, 0.3) is 0 Å². The Morgan fingerprint density at radius 3 is 2.51 bits per heavy atom. The molecule has 0 saturated carbocycles. The summed E-state index contributed by atoms with van der Waals surface area (Å²) in [6, 6.07) is 3.88. The fraction of sp³-hybridized carbons (Fsp3) is 0.593. The first-order valence-corrected chi connectivity index (χ1v) is 12.9. The average Bonchev–Trinajstić information content (AvgIpc) is 3.09. The zero-order chi connectivity index (χ0) is 25.9.